The molecule has 1 saturated carbocycles. The molecule has 2 nitrogen and oxygen atoms in total. The van der Waals surface area contributed by atoms with Crippen molar-refractivity contribution in [3.05, 3.63) is 53.6 Å². The van der Waals surface area contributed by atoms with Crippen molar-refractivity contribution >= 4 is 12.9 Å². The van der Waals surface area contributed by atoms with E-state index in [2.05, 4.69) is 42.5 Å². The molecule has 2 aromatic carbocycles. The molecule has 27 heavy (non-hydrogen) atoms. The summed E-state index contributed by atoms with van der Waals surface area (Å²) in [6, 6.07) is 15.5. The summed E-state index contributed by atoms with van der Waals surface area (Å²) in [5, 5.41) is 10.5. The summed E-state index contributed by atoms with van der Waals surface area (Å²) in [6.45, 7) is 7.49. The molecule has 1 fully saturated rings. The molecule has 0 atom stereocenters. The molecule has 0 saturated heterocycles. The van der Waals surface area contributed by atoms with Crippen LogP contribution in [0.4, 0.5) is 0 Å². The molecule has 0 heterocycles. The van der Waals surface area contributed by atoms with E-state index >= 15 is 0 Å². The van der Waals surface area contributed by atoms with Gasteiger partial charge in [-0.25, -0.2) is 0 Å². The predicted octanol–water partition coefficient (Wildman–Crippen LogP) is 4.73. The molecule has 4 rings (SSSR count). The van der Waals surface area contributed by atoms with E-state index in [1.54, 1.807) is 13.8 Å². The average Bonchev–Trinajstić information content (AvgIpc) is 2.91. The summed E-state index contributed by atoms with van der Waals surface area (Å²) in [4.78, 5) is 0. The van der Waals surface area contributed by atoms with Gasteiger partial charge >= 0.3 is 7.48 Å². The Morgan fingerprint density at radius 1 is 0.889 bits per heavy atom. The molecule has 1 spiro atoms. The molecule has 1 radical (unpaired) electrons. The van der Waals surface area contributed by atoms with Crippen molar-refractivity contribution in [3.63, 3.8) is 0 Å². The van der Waals surface area contributed by atoms with Gasteiger partial charge in [-0.05, 0) is 68.3 Å². The van der Waals surface area contributed by atoms with E-state index in [0.717, 1.165) is 5.46 Å². The molecule has 0 unspecified atom stereocenters. The molecule has 2 aliphatic rings. The van der Waals surface area contributed by atoms with Crippen molar-refractivity contribution < 1.29 is 9.76 Å². The first kappa shape index (κ1) is 18.8. The number of aliphatic hydroxyl groups is 1. The maximum Gasteiger partial charge on any atom is 0.331 e. The number of benzene rings is 2. The number of hydrogen-bond donors (Lipinski definition) is 1. The molecule has 2 aliphatic carbocycles. The third kappa shape index (κ3) is 2.96. The first-order valence-corrected chi connectivity index (χ1v) is 10.2. The van der Waals surface area contributed by atoms with Gasteiger partial charge in [-0.1, -0.05) is 61.7 Å². The fraction of sp³-hybridized carbons (Fsp3) is 0.500. The van der Waals surface area contributed by atoms with Crippen molar-refractivity contribution in [1.29, 1.82) is 0 Å². The lowest BCUT2D eigenvalue weighted by Gasteiger charge is -2.39. The second-order valence-electron chi connectivity index (χ2n) is 9.26. The van der Waals surface area contributed by atoms with Gasteiger partial charge < -0.3 is 9.76 Å². The summed E-state index contributed by atoms with van der Waals surface area (Å²) in [5.74, 6) is 0. The van der Waals surface area contributed by atoms with E-state index in [1.165, 1.54) is 54.4 Å². The lowest BCUT2D eigenvalue weighted by molar-refractivity contribution is -0.0893. The summed E-state index contributed by atoms with van der Waals surface area (Å²) in [5.41, 5.74) is 5.33. The molecule has 0 amide bonds. The van der Waals surface area contributed by atoms with Gasteiger partial charge in [-0.2, -0.15) is 0 Å². The Balaban J connectivity index is 1.78. The fourth-order valence-corrected chi connectivity index (χ4v) is 4.73. The van der Waals surface area contributed by atoms with E-state index in [0.29, 0.717) is 0 Å². The van der Waals surface area contributed by atoms with Crippen molar-refractivity contribution in [2.24, 2.45) is 0 Å². The minimum atomic E-state index is -0.924. The zero-order chi connectivity index (χ0) is 19.3. The monoisotopic (exact) mass is 361 g/mol. The Hall–Kier alpha value is -1.58. The van der Waals surface area contributed by atoms with Crippen LogP contribution in [0, 0.1) is 0 Å². The second kappa shape index (κ2) is 6.50. The summed E-state index contributed by atoms with van der Waals surface area (Å²) >= 11 is 0. The Morgan fingerprint density at radius 2 is 1.56 bits per heavy atom. The average molecular weight is 361 g/mol. The highest BCUT2D eigenvalue weighted by atomic mass is 16.5. The van der Waals surface area contributed by atoms with Gasteiger partial charge in [-0.3, -0.25) is 0 Å². The van der Waals surface area contributed by atoms with Crippen LogP contribution < -0.4 is 5.46 Å². The smallest absolute Gasteiger partial charge is 0.331 e. The Bertz CT molecular complexity index is 842. The molecule has 3 heteroatoms. The number of rotatable bonds is 4. The largest absolute Gasteiger partial charge is 0.427 e. The lowest BCUT2D eigenvalue weighted by Crippen LogP contribution is -2.50. The van der Waals surface area contributed by atoms with E-state index in [1.807, 2.05) is 21.3 Å². The molecule has 141 valence electrons. The van der Waals surface area contributed by atoms with Crippen molar-refractivity contribution in [3.8, 4) is 11.1 Å². The normalized spacial score (nSPS) is 18.3. The van der Waals surface area contributed by atoms with Crippen LogP contribution in [0.25, 0.3) is 11.1 Å². The molecule has 2 aromatic rings. The number of hydrogen-bond acceptors (Lipinski definition) is 2. The van der Waals surface area contributed by atoms with E-state index in [-0.39, 0.29) is 5.41 Å². The first-order valence-electron chi connectivity index (χ1n) is 10.2. The zero-order valence-electron chi connectivity index (χ0n) is 17.0. The van der Waals surface area contributed by atoms with Gasteiger partial charge in [-0.15, -0.1) is 0 Å². The zero-order valence-corrected chi connectivity index (χ0v) is 17.0. The Morgan fingerprint density at radius 3 is 2.26 bits per heavy atom. The first-order chi connectivity index (χ1) is 12.8. The van der Waals surface area contributed by atoms with Gasteiger partial charge in [0.1, 0.15) is 0 Å². The predicted molar refractivity (Wildman–Crippen MR) is 113 cm³/mol. The number of fused-ring (bicyclic) bond motifs is 5. The highest BCUT2D eigenvalue weighted by Crippen LogP contribution is 2.54. The van der Waals surface area contributed by atoms with Crippen LogP contribution in [0.1, 0.15) is 70.9 Å². The van der Waals surface area contributed by atoms with Crippen LogP contribution in [0.15, 0.2) is 42.5 Å². The van der Waals surface area contributed by atoms with E-state index < -0.39 is 11.2 Å². The Kier molecular flexibility index (Phi) is 4.52. The summed E-state index contributed by atoms with van der Waals surface area (Å²) in [7, 11) is 1.89. The standard InChI is InChI=1S/C24H30BO2/c1-22(2,26)23(3,4)27-25-20-14-10-12-18-17-11-6-7-13-19(17)24(21(18)20)15-8-5-9-16-24/h6-7,10-14,26H,5,8-9,15-16H2,1-4H3. The highest BCUT2D eigenvalue weighted by molar-refractivity contribution is 6.48. The van der Waals surface area contributed by atoms with Crippen LogP contribution in [-0.2, 0) is 10.1 Å². The SMILES string of the molecule is CC(C)(O)C(C)(C)O[B]c1cccc2c1C1(CCCCC1)c1ccccc1-2. The van der Waals surface area contributed by atoms with Gasteiger partial charge in [0.2, 0.25) is 0 Å². The Labute approximate surface area is 164 Å². The van der Waals surface area contributed by atoms with Crippen LogP contribution in [0.3, 0.4) is 0 Å². The quantitative estimate of drug-likeness (QED) is 0.798. The van der Waals surface area contributed by atoms with Crippen LogP contribution in [-0.4, -0.2) is 23.8 Å². The van der Waals surface area contributed by atoms with Gasteiger partial charge in [0, 0.05) is 5.41 Å². The summed E-state index contributed by atoms with van der Waals surface area (Å²) < 4.78 is 6.16. The minimum Gasteiger partial charge on any atom is -0.427 e. The molecule has 1 N–H and O–H groups in total. The van der Waals surface area contributed by atoms with Gasteiger partial charge in [0.25, 0.3) is 0 Å². The molecular formula is C24H30BO2. The highest BCUT2D eigenvalue weighted by Gasteiger charge is 2.45. The van der Waals surface area contributed by atoms with Crippen molar-refractivity contribution in [1.82, 2.24) is 0 Å². The van der Waals surface area contributed by atoms with E-state index in [4.69, 9.17) is 4.65 Å². The maximum absolute atomic E-state index is 10.5. The third-order valence-electron chi connectivity index (χ3n) is 6.97. The van der Waals surface area contributed by atoms with Crippen LogP contribution >= 0.6 is 0 Å². The van der Waals surface area contributed by atoms with Crippen LogP contribution in [0.5, 0.6) is 0 Å². The van der Waals surface area contributed by atoms with Crippen molar-refractivity contribution in [2.45, 2.75) is 76.4 Å². The molecular weight excluding hydrogens is 331 g/mol. The fourth-order valence-electron chi connectivity index (χ4n) is 4.73. The van der Waals surface area contributed by atoms with E-state index in [9.17, 15) is 5.11 Å². The lowest BCUT2D eigenvalue weighted by atomic mass is 9.63. The van der Waals surface area contributed by atoms with Gasteiger partial charge in [0.05, 0.1) is 11.2 Å². The molecule has 0 bridgehead atoms. The molecule has 0 aromatic heterocycles. The third-order valence-corrected chi connectivity index (χ3v) is 6.97. The maximum atomic E-state index is 10.5. The van der Waals surface area contributed by atoms with Crippen molar-refractivity contribution in [2.75, 3.05) is 0 Å². The van der Waals surface area contributed by atoms with Gasteiger partial charge in [0.15, 0.2) is 0 Å². The topological polar surface area (TPSA) is 29.5 Å². The molecule has 0 aliphatic heterocycles. The van der Waals surface area contributed by atoms with Crippen LogP contribution in [0.2, 0.25) is 0 Å². The minimum absolute atomic E-state index is 0.111. The summed E-state index contributed by atoms with van der Waals surface area (Å²) in [6.07, 6.45) is 6.29. The second-order valence-corrected chi connectivity index (χ2v) is 9.26.